The third-order valence-corrected chi connectivity index (χ3v) is 9.09. The first-order valence-corrected chi connectivity index (χ1v) is 13.7. The van der Waals surface area contributed by atoms with Crippen molar-refractivity contribution in [2.45, 2.75) is 55.9 Å². The highest BCUT2D eigenvalue weighted by atomic mass is 32.2. The van der Waals surface area contributed by atoms with Gasteiger partial charge in [0.15, 0.2) is 0 Å². The summed E-state index contributed by atoms with van der Waals surface area (Å²) < 4.78 is 5.06. The Kier molecular flexibility index (Phi) is 6.78. The van der Waals surface area contributed by atoms with Crippen LogP contribution in [0.25, 0.3) is 0 Å². The van der Waals surface area contributed by atoms with Crippen LogP contribution in [0.3, 0.4) is 0 Å². The number of hydrogen-bond donors (Lipinski definition) is 1. The topological polar surface area (TPSA) is 79.0 Å². The van der Waals surface area contributed by atoms with Crippen LogP contribution in [0.15, 0.2) is 29.2 Å². The Balaban J connectivity index is 1.17. The van der Waals surface area contributed by atoms with E-state index in [1.165, 1.54) is 31.0 Å². The molecule has 4 aliphatic carbocycles. The molecule has 1 aromatic rings. The summed E-state index contributed by atoms with van der Waals surface area (Å²) in [7, 11) is 0. The second-order valence-corrected chi connectivity index (χ2v) is 11.5. The van der Waals surface area contributed by atoms with Crippen molar-refractivity contribution >= 4 is 29.7 Å². The van der Waals surface area contributed by atoms with E-state index in [0.29, 0.717) is 44.1 Å². The lowest BCUT2D eigenvalue weighted by atomic mass is 9.53. The van der Waals surface area contributed by atoms with E-state index in [1.54, 1.807) is 16.7 Å². The molecule has 0 spiro atoms. The third kappa shape index (κ3) is 4.92. The van der Waals surface area contributed by atoms with Crippen molar-refractivity contribution in [2.24, 2.45) is 17.8 Å². The van der Waals surface area contributed by atoms with Gasteiger partial charge >= 0.3 is 6.09 Å². The van der Waals surface area contributed by atoms with Crippen LogP contribution in [-0.2, 0) is 9.53 Å². The molecule has 1 N–H and O–H groups in total. The van der Waals surface area contributed by atoms with Crippen LogP contribution >= 0.6 is 11.8 Å². The first kappa shape index (κ1) is 23.5. The van der Waals surface area contributed by atoms with Gasteiger partial charge in [0.05, 0.1) is 17.9 Å². The second-order valence-electron chi connectivity index (χ2n) is 10.5. The van der Waals surface area contributed by atoms with Gasteiger partial charge < -0.3 is 19.9 Å². The minimum absolute atomic E-state index is 0.0142. The molecule has 3 amide bonds. The summed E-state index contributed by atoms with van der Waals surface area (Å²) in [6.07, 6.45) is 7.16. The lowest BCUT2D eigenvalue weighted by Crippen LogP contribution is -2.60. The molecule has 4 bridgehead atoms. The van der Waals surface area contributed by atoms with Gasteiger partial charge in [0.1, 0.15) is 0 Å². The number of rotatable bonds is 6. The molecule has 0 radical (unpaired) electrons. The van der Waals surface area contributed by atoms with E-state index in [2.05, 4.69) is 5.32 Å². The first-order chi connectivity index (χ1) is 16.4. The molecule has 34 heavy (non-hydrogen) atoms. The fraction of sp³-hybridized carbons (Fsp3) is 0.654. The average Bonchev–Trinajstić information content (AvgIpc) is 2.81. The zero-order chi connectivity index (χ0) is 23.7. The molecular formula is C26H35N3O4S. The van der Waals surface area contributed by atoms with Crippen molar-refractivity contribution in [3.8, 4) is 0 Å². The highest BCUT2D eigenvalue weighted by Gasteiger charge is 2.51. The fourth-order valence-corrected chi connectivity index (χ4v) is 7.83. The van der Waals surface area contributed by atoms with Gasteiger partial charge in [-0.15, -0.1) is 11.8 Å². The summed E-state index contributed by atoms with van der Waals surface area (Å²) >= 11 is 1.44. The van der Waals surface area contributed by atoms with Gasteiger partial charge in [-0.25, -0.2) is 4.79 Å². The number of piperazine rings is 1. The number of benzene rings is 1. The quantitative estimate of drug-likeness (QED) is 0.621. The summed E-state index contributed by atoms with van der Waals surface area (Å²) in [5, 5.41) is 3.43. The van der Waals surface area contributed by atoms with E-state index in [0.717, 1.165) is 41.9 Å². The highest BCUT2D eigenvalue weighted by molar-refractivity contribution is 8.00. The van der Waals surface area contributed by atoms with Gasteiger partial charge in [0, 0.05) is 36.6 Å². The Morgan fingerprint density at radius 1 is 0.971 bits per heavy atom. The van der Waals surface area contributed by atoms with Crippen LogP contribution in [-0.4, -0.2) is 71.8 Å². The van der Waals surface area contributed by atoms with Crippen LogP contribution in [0.1, 0.15) is 55.8 Å². The van der Waals surface area contributed by atoms with E-state index in [9.17, 15) is 14.4 Å². The van der Waals surface area contributed by atoms with Gasteiger partial charge in [-0.2, -0.15) is 0 Å². The van der Waals surface area contributed by atoms with E-state index in [4.69, 9.17) is 4.74 Å². The molecule has 1 saturated heterocycles. The predicted octanol–water partition coefficient (Wildman–Crippen LogP) is 3.78. The van der Waals surface area contributed by atoms with Crippen LogP contribution < -0.4 is 5.32 Å². The molecule has 1 aromatic carbocycles. The van der Waals surface area contributed by atoms with Crippen molar-refractivity contribution in [1.82, 2.24) is 15.1 Å². The molecule has 7 nitrogen and oxygen atoms in total. The molecule has 184 valence electrons. The SMILES string of the molecule is CCOC(=O)N1CCN(C(=O)c2ccccc2SCC(=O)NC23CC4CC(CC(C4)C2)C3)CC1. The normalized spacial score (nSPS) is 29.7. The zero-order valence-corrected chi connectivity index (χ0v) is 20.8. The Labute approximate surface area is 205 Å². The molecule has 0 atom stereocenters. The largest absolute Gasteiger partial charge is 0.450 e. The smallest absolute Gasteiger partial charge is 0.409 e. The maximum Gasteiger partial charge on any atom is 0.409 e. The van der Waals surface area contributed by atoms with Gasteiger partial charge in [-0.3, -0.25) is 9.59 Å². The average molecular weight is 486 g/mol. The summed E-state index contributed by atoms with van der Waals surface area (Å²) in [4.78, 5) is 42.4. The summed E-state index contributed by atoms with van der Waals surface area (Å²) in [6.45, 7) is 4.02. The molecule has 1 heterocycles. The number of hydrogen-bond acceptors (Lipinski definition) is 5. The lowest BCUT2D eigenvalue weighted by molar-refractivity contribution is -0.124. The van der Waals surface area contributed by atoms with Crippen LogP contribution in [0.5, 0.6) is 0 Å². The summed E-state index contributed by atoms with van der Waals surface area (Å²) in [5.41, 5.74) is 0.639. The maximum atomic E-state index is 13.2. The van der Waals surface area contributed by atoms with Crippen LogP contribution in [0, 0.1) is 17.8 Å². The van der Waals surface area contributed by atoms with Gasteiger partial charge in [0.25, 0.3) is 5.91 Å². The minimum atomic E-state index is -0.324. The molecule has 0 unspecified atom stereocenters. The molecule has 6 rings (SSSR count). The number of thioether (sulfide) groups is 1. The second kappa shape index (κ2) is 9.80. The maximum absolute atomic E-state index is 13.2. The van der Waals surface area contributed by atoms with Gasteiger partial charge in [-0.1, -0.05) is 12.1 Å². The molecule has 5 aliphatic rings. The van der Waals surface area contributed by atoms with E-state index in [1.807, 2.05) is 24.3 Å². The number of nitrogens with one attached hydrogen (secondary N) is 1. The van der Waals surface area contributed by atoms with Gasteiger partial charge in [0.2, 0.25) is 5.91 Å². The lowest BCUT2D eigenvalue weighted by Gasteiger charge is -2.56. The predicted molar refractivity (Wildman–Crippen MR) is 131 cm³/mol. The number of carbonyl (C=O) groups excluding carboxylic acids is 3. The molecule has 0 aromatic heterocycles. The van der Waals surface area contributed by atoms with Crippen molar-refractivity contribution in [3.05, 3.63) is 29.8 Å². The molecular weight excluding hydrogens is 450 g/mol. The zero-order valence-electron chi connectivity index (χ0n) is 20.0. The summed E-state index contributed by atoms with van der Waals surface area (Å²) in [5.74, 6) is 2.73. The van der Waals surface area contributed by atoms with Crippen molar-refractivity contribution in [1.29, 1.82) is 0 Å². The van der Waals surface area contributed by atoms with E-state index < -0.39 is 0 Å². The Hall–Kier alpha value is -2.22. The van der Waals surface area contributed by atoms with Crippen LogP contribution in [0.4, 0.5) is 4.79 Å². The van der Waals surface area contributed by atoms with E-state index >= 15 is 0 Å². The minimum Gasteiger partial charge on any atom is -0.450 e. The monoisotopic (exact) mass is 485 g/mol. The number of amides is 3. The summed E-state index contributed by atoms with van der Waals surface area (Å²) in [6, 6.07) is 7.53. The van der Waals surface area contributed by atoms with Crippen LogP contribution in [0.2, 0.25) is 0 Å². The Bertz CT molecular complexity index is 908. The first-order valence-electron chi connectivity index (χ1n) is 12.7. The van der Waals surface area contributed by atoms with Crippen molar-refractivity contribution in [2.75, 3.05) is 38.5 Å². The fourth-order valence-electron chi connectivity index (χ4n) is 6.99. The van der Waals surface area contributed by atoms with Crippen molar-refractivity contribution in [3.63, 3.8) is 0 Å². The Morgan fingerprint density at radius 2 is 1.56 bits per heavy atom. The molecule has 1 aliphatic heterocycles. The number of ether oxygens (including phenoxy) is 1. The molecule has 8 heteroatoms. The number of nitrogens with zero attached hydrogens (tertiary/aromatic N) is 2. The Morgan fingerprint density at radius 3 is 2.18 bits per heavy atom. The molecule has 5 fully saturated rings. The molecule has 4 saturated carbocycles. The third-order valence-electron chi connectivity index (χ3n) is 8.01. The number of carbonyl (C=O) groups is 3. The van der Waals surface area contributed by atoms with Gasteiger partial charge in [-0.05, 0) is 75.3 Å². The van der Waals surface area contributed by atoms with Crippen molar-refractivity contribution < 1.29 is 19.1 Å². The highest BCUT2D eigenvalue weighted by Crippen LogP contribution is 2.55. The van der Waals surface area contributed by atoms with E-state index in [-0.39, 0.29) is 23.4 Å². The standard InChI is InChI=1S/C26H35N3O4S/c1-2-33-25(32)29-9-7-28(8-10-29)24(31)21-5-3-4-6-22(21)34-17-23(30)27-26-14-18-11-19(15-26)13-20(12-18)16-26/h3-6,18-20H,2,7-17H2,1H3,(H,27,30).